The molecule has 5 aromatic rings. The monoisotopic (exact) mass is 719 g/mol. The third kappa shape index (κ3) is 6.36. The van der Waals surface area contributed by atoms with E-state index in [4.69, 9.17) is 9.40 Å². The topological polar surface area (TPSA) is 141 Å². The van der Waals surface area contributed by atoms with Crippen LogP contribution in [0.4, 0.5) is 14.5 Å². The number of halogens is 2. The predicted octanol–water partition coefficient (Wildman–Crippen LogP) is 6.70. The Kier molecular flexibility index (Phi) is 8.62. The van der Waals surface area contributed by atoms with Gasteiger partial charge in [0.15, 0.2) is 11.4 Å². The summed E-state index contributed by atoms with van der Waals surface area (Å²) in [6, 6.07) is 17.3. The van der Waals surface area contributed by atoms with E-state index in [1.807, 2.05) is 72.8 Å². The lowest BCUT2D eigenvalue weighted by Gasteiger charge is -2.43. The third-order valence-electron chi connectivity index (χ3n) is 11.2. The highest BCUT2D eigenvalue weighted by atomic mass is 19.3. The molecule has 3 aromatic carbocycles. The van der Waals surface area contributed by atoms with Crippen LogP contribution in [0.25, 0.3) is 33.7 Å². The van der Waals surface area contributed by atoms with Gasteiger partial charge in [-0.2, -0.15) is 5.26 Å². The van der Waals surface area contributed by atoms with E-state index >= 15 is 0 Å². The van der Waals surface area contributed by atoms with Gasteiger partial charge in [-0.3, -0.25) is 19.4 Å². The molecule has 2 aromatic heterocycles. The maximum absolute atomic E-state index is 13.6. The number of fused-ring (bicyclic) bond motifs is 2. The second-order valence-corrected chi connectivity index (χ2v) is 14.6. The normalized spacial score (nSPS) is 18.8. The summed E-state index contributed by atoms with van der Waals surface area (Å²) in [5, 5.41) is 22.4. The van der Waals surface area contributed by atoms with Crippen molar-refractivity contribution in [2.45, 2.75) is 64.6 Å². The number of amides is 1. The molecule has 1 saturated carbocycles. The number of nitriles is 1. The second kappa shape index (κ2) is 13.2. The zero-order chi connectivity index (χ0) is 37.2. The van der Waals surface area contributed by atoms with Crippen LogP contribution in [0.1, 0.15) is 63.5 Å². The number of hydrogen-bond donors (Lipinski definition) is 2. The van der Waals surface area contributed by atoms with E-state index in [0.717, 1.165) is 44.8 Å². The molecule has 0 spiro atoms. The molecule has 1 aliphatic carbocycles. The van der Waals surface area contributed by atoms with E-state index in [2.05, 4.69) is 21.3 Å². The van der Waals surface area contributed by atoms with Crippen molar-refractivity contribution < 1.29 is 27.9 Å². The van der Waals surface area contributed by atoms with Gasteiger partial charge in [-0.15, -0.1) is 0 Å². The van der Waals surface area contributed by atoms with Crippen LogP contribution >= 0.6 is 0 Å². The molecule has 53 heavy (non-hydrogen) atoms. The zero-order valence-corrected chi connectivity index (χ0v) is 29.7. The number of carboxylic acids is 1. The van der Waals surface area contributed by atoms with Gasteiger partial charge in [0.1, 0.15) is 11.6 Å². The van der Waals surface area contributed by atoms with Gasteiger partial charge in [-0.05, 0) is 78.9 Å². The van der Waals surface area contributed by atoms with E-state index < -0.39 is 11.9 Å². The number of hydrogen-bond acceptors (Lipinski definition) is 8. The summed E-state index contributed by atoms with van der Waals surface area (Å²) in [6.07, 6.45) is 0.985. The summed E-state index contributed by atoms with van der Waals surface area (Å²) in [4.78, 5) is 38.7. The number of rotatable bonds is 8. The average molecular weight is 720 g/mol. The van der Waals surface area contributed by atoms with Gasteiger partial charge in [-0.1, -0.05) is 24.3 Å². The van der Waals surface area contributed by atoms with E-state index in [0.29, 0.717) is 73.8 Å². The van der Waals surface area contributed by atoms with E-state index in [1.165, 1.54) is 0 Å². The molecule has 11 nitrogen and oxygen atoms in total. The Balaban J connectivity index is 1.03. The molecule has 1 unspecified atom stereocenters. The first-order valence-electron chi connectivity index (χ1n) is 17.9. The molecule has 0 bridgehead atoms. The van der Waals surface area contributed by atoms with E-state index in [9.17, 15) is 28.7 Å². The predicted molar refractivity (Wildman–Crippen MR) is 193 cm³/mol. The zero-order valence-electron chi connectivity index (χ0n) is 29.7. The van der Waals surface area contributed by atoms with Crippen molar-refractivity contribution in [2.24, 2.45) is 13.0 Å². The first-order valence-corrected chi connectivity index (χ1v) is 17.9. The van der Waals surface area contributed by atoms with Crippen LogP contribution in [0.3, 0.4) is 0 Å². The highest BCUT2D eigenvalue weighted by Gasteiger charge is 2.48. The molecule has 13 heteroatoms. The summed E-state index contributed by atoms with van der Waals surface area (Å²) in [5.41, 5.74) is 8.91. The summed E-state index contributed by atoms with van der Waals surface area (Å²) in [6.45, 7) is 6.71. The van der Waals surface area contributed by atoms with Crippen molar-refractivity contribution in [1.29, 1.82) is 5.26 Å². The lowest BCUT2D eigenvalue weighted by atomic mass is 9.86. The fourth-order valence-corrected chi connectivity index (χ4v) is 8.17. The number of aliphatic carboxylic acids is 1. The van der Waals surface area contributed by atoms with Crippen molar-refractivity contribution >= 4 is 28.7 Å². The Morgan fingerprint density at radius 1 is 1.06 bits per heavy atom. The van der Waals surface area contributed by atoms with Gasteiger partial charge in [-0.25, -0.2) is 18.7 Å². The number of nitrogens with zero attached hydrogens (tertiary/aromatic N) is 6. The summed E-state index contributed by atoms with van der Waals surface area (Å²) < 4.78 is 35.1. The van der Waals surface area contributed by atoms with Gasteiger partial charge in [0.2, 0.25) is 5.89 Å². The van der Waals surface area contributed by atoms with Crippen molar-refractivity contribution in [3.05, 3.63) is 88.0 Å². The number of alkyl halides is 2. The number of nitrogens with one attached hydrogen (secondary N) is 1. The third-order valence-corrected chi connectivity index (χ3v) is 11.2. The largest absolute Gasteiger partial charge is 0.481 e. The van der Waals surface area contributed by atoms with Crippen LogP contribution in [0, 0.1) is 31.1 Å². The summed E-state index contributed by atoms with van der Waals surface area (Å²) in [5.74, 6) is -3.45. The van der Waals surface area contributed by atoms with Crippen molar-refractivity contribution in [3.8, 4) is 28.7 Å². The smallest absolute Gasteiger partial charge is 0.307 e. The fourth-order valence-electron chi connectivity index (χ4n) is 8.17. The number of carbonyl (C=O) groups excluding carboxylic acids is 1. The Labute approximate surface area is 304 Å². The molecule has 2 aliphatic heterocycles. The quantitative estimate of drug-likeness (QED) is 0.179. The van der Waals surface area contributed by atoms with Gasteiger partial charge in [0.05, 0.1) is 17.2 Å². The molecule has 0 radical (unpaired) electrons. The first kappa shape index (κ1) is 34.6. The molecule has 272 valence electrons. The second-order valence-electron chi connectivity index (χ2n) is 14.6. The van der Waals surface area contributed by atoms with Crippen LogP contribution < -0.4 is 5.32 Å². The maximum Gasteiger partial charge on any atom is 0.307 e. The molecule has 8 rings (SSSR count). The number of aromatic nitrogens is 3. The average Bonchev–Trinajstić information content (AvgIpc) is 3.85. The Morgan fingerprint density at radius 3 is 2.51 bits per heavy atom. The highest BCUT2D eigenvalue weighted by Crippen LogP contribution is 2.42. The molecule has 2 N–H and O–H groups in total. The van der Waals surface area contributed by atoms with Gasteiger partial charge in [0, 0.05) is 75.5 Å². The first-order chi connectivity index (χ1) is 25.4. The van der Waals surface area contributed by atoms with Crippen LogP contribution in [0.15, 0.2) is 52.9 Å². The van der Waals surface area contributed by atoms with Crippen LogP contribution in [0.2, 0.25) is 0 Å². The fraction of sp³-hybridized carbons (Fsp3) is 0.375. The van der Waals surface area contributed by atoms with Crippen LogP contribution in [0.5, 0.6) is 0 Å². The van der Waals surface area contributed by atoms with Crippen molar-refractivity contribution in [2.75, 3.05) is 25.0 Å². The minimum Gasteiger partial charge on any atom is -0.481 e. The molecule has 3 aliphatic rings. The number of carboxylic acid groups (broad SMARTS) is 1. The van der Waals surface area contributed by atoms with E-state index in [-0.39, 0.29) is 36.5 Å². The number of imidazole rings is 1. The molecule has 1 saturated heterocycles. The molecule has 2 fully saturated rings. The molecule has 4 heterocycles. The SMILES string of the molecule is Cc1c(NC(=O)c2nc3c(n2C)CCN(C2CC(F)(F)C2)C3)cccc1-c1cccc(-c2nc3cc(CN4CCC(C(=O)O)C4)cc(C#N)c3o2)c1C. The summed E-state index contributed by atoms with van der Waals surface area (Å²) >= 11 is 0. The van der Waals surface area contributed by atoms with Crippen molar-refractivity contribution in [1.82, 2.24) is 24.3 Å². The van der Waals surface area contributed by atoms with Crippen LogP contribution in [-0.4, -0.2) is 72.9 Å². The molecular weight excluding hydrogens is 680 g/mol. The number of anilines is 1. The maximum atomic E-state index is 13.6. The Bertz CT molecular complexity index is 2330. The molecule has 1 atom stereocenters. The minimum atomic E-state index is -2.59. The molecular formula is C40H39F2N7O4. The number of oxazole rings is 1. The lowest BCUT2D eigenvalue weighted by molar-refractivity contribution is -0.141. The lowest BCUT2D eigenvalue weighted by Crippen LogP contribution is -2.52. The van der Waals surface area contributed by atoms with Crippen LogP contribution in [-0.2, 0) is 31.4 Å². The van der Waals surface area contributed by atoms with Gasteiger partial charge in [0.25, 0.3) is 11.8 Å². The van der Waals surface area contributed by atoms with E-state index in [1.54, 1.807) is 6.07 Å². The van der Waals surface area contributed by atoms with Crippen molar-refractivity contribution in [3.63, 3.8) is 0 Å². The highest BCUT2D eigenvalue weighted by molar-refractivity contribution is 6.03. The number of benzene rings is 3. The Morgan fingerprint density at radius 2 is 1.79 bits per heavy atom. The summed E-state index contributed by atoms with van der Waals surface area (Å²) in [7, 11) is 1.82. The van der Waals surface area contributed by atoms with Gasteiger partial charge >= 0.3 is 5.97 Å². The molecule has 1 amide bonds. The van der Waals surface area contributed by atoms with Gasteiger partial charge < -0.3 is 19.4 Å². The standard InChI is InChI=1S/C40H39F2N7O4/c1-22-28(6-4-8-30(22)38-46-32-15-24(14-26(18-43)35(32)53-38)19-48-12-10-25(20-48)39(51)52)29-7-5-9-31(23(29)2)45-37(50)36-44-33-21-49(13-11-34(33)47(36)3)27-16-40(41,42)17-27/h4-9,14-15,25,27H,10-13,16-17,19-21H2,1-3H3,(H,45,50)(H,51,52). The Hall–Kier alpha value is -5.45. The number of carbonyl (C=O) groups is 2. The number of likely N-dealkylation sites (tertiary alicyclic amines) is 1. The minimum absolute atomic E-state index is 0.129.